The Bertz CT molecular complexity index is 151. The Balaban J connectivity index is 2.53. The minimum atomic E-state index is 1.23. The van der Waals surface area contributed by atoms with E-state index in [1.54, 1.807) is 0 Å². The molecule has 0 saturated heterocycles. The molecule has 0 amide bonds. The number of allylic oxidation sites excluding steroid dienone is 3. The van der Waals surface area contributed by atoms with Crippen molar-refractivity contribution in [3.05, 3.63) is 23.8 Å². The lowest BCUT2D eigenvalue weighted by Crippen LogP contribution is -1.94. The van der Waals surface area contributed by atoms with Crippen LogP contribution in [0.3, 0.4) is 0 Å². The first-order valence-electron chi connectivity index (χ1n) is 4.21. The zero-order valence-electron chi connectivity index (χ0n) is 6.82. The van der Waals surface area contributed by atoms with E-state index in [0.717, 1.165) is 0 Å². The van der Waals surface area contributed by atoms with Gasteiger partial charge in [0.2, 0.25) is 0 Å². The molecule has 0 nitrogen and oxygen atoms in total. The summed E-state index contributed by atoms with van der Waals surface area (Å²) in [6, 6.07) is 0. The molecule has 0 aromatic rings. The molecule has 1 aliphatic carbocycles. The molecule has 1 aliphatic rings. The zero-order valence-corrected chi connectivity index (χ0v) is 6.82. The molecule has 0 unspecified atom stereocenters. The predicted octanol–water partition coefficient (Wildman–Crippen LogP) is 3.45. The predicted molar refractivity (Wildman–Crippen MR) is 46.0 cm³/mol. The van der Waals surface area contributed by atoms with Gasteiger partial charge in [0.05, 0.1) is 0 Å². The Morgan fingerprint density at radius 1 is 1.60 bits per heavy atom. The molecule has 0 aromatic heterocycles. The van der Waals surface area contributed by atoms with Crippen LogP contribution >= 0.6 is 0 Å². The lowest BCUT2D eigenvalue weighted by molar-refractivity contribution is 0.768. The molecule has 0 bridgehead atoms. The minimum Gasteiger partial charge on any atom is -0.0956 e. The van der Waals surface area contributed by atoms with Crippen molar-refractivity contribution in [3.8, 4) is 0 Å². The van der Waals surface area contributed by atoms with E-state index in [-0.39, 0.29) is 0 Å². The smallest absolute Gasteiger partial charge is 0.0279 e. The zero-order chi connectivity index (χ0) is 7.40. The summed E-state index contributed by atoms with van der Waals surface area (Å²) in [4.78, 5) is 0. The molecule has 0 atom stereocenters. The van der Waals surface area contributed by atoms with Crippen LogP contribution in [0.15, 0.2) is 23.8 Å². The van der Waals surface area contributed by atoms with Gasteiger partial charge in [-0.3, -0.25) is 0 Å². The highest BCUT2D eigenvalue weighted by molar-refractivity contribution is 5.30. The lowest BCUT2D eigenvalue weighted by atomic mass is 9.92. The summed E-state index contributed by atoms with van der Waals surface area (Å²) in [5, 5.41) is 0. The fourth-order valence-electron chi connectivity index (χ4n) is 1.44. The van der Waals surface area contributed by atoms with E-state index in [9.17, 15) is 0 Å². The van der Waals surface area contributed by atoms with E-state index in [1.165, 1.54) is 43.3 Å². The van der Waals surface area contributed by atoms with E-state index in [0.29, 0.717) is 0 Å². The van der Waals surface area contributed by atoms with Crippen molar-refractivity contribution in [3.63, 3.8) is 0 Å². The van der Waals surface area contributed by atoms with Crippen molar-refractivity contribution in [1.82, 2.24) is 0 Å². The van der Waals surface area contributed by atoms with Crippen LogP contribution in [0.25, 0.3) is 0 Å². The van der Waals surface area contributed by atoms with Gasteiger partial charge in [0.1, 0.15) is 0 Å². The second-order valence-electron chi connectivity index (χ2n) is 2.98. The Hall–Kier alpha value is -0.520. The highest BCUT2D eigenvalue weighted by Gasteiger charge is 2.05. The molecule has 56 valence electrons. The van der Waals surface area contributed by atoms with Gasteiger partial charge < -0.3 is 0 Å². The first-order valence-corrected chi connectivity index (χ1v) is 4.21. The first-order chi connectivity index (χ1) is 4.84. The fraction of sp³-hybridized carbons (Fsp3) is 0.600. The second-order valence-corrected chi connectivity index (χ2v) is 2.98. The highest BCUT2D eigenvalue weighted by atomic mass is 14.1. The van der Waals surface area contributed by atoms with E-state index in [1.807, 2.05) is 0 Å². The number of rotatable bonds is 2. The van der Waals surface area contributed by atoms with Crippen molar-refractivity contribution in [2.24, 2.45) is 0 Å². The van der Waals surface area contributed by atoms with Gasteiger partial charge in [0.25, 0.3) is 0 Å². The summed E-state index contributed by atoms with van der Waals surface area (Å²) < 4.78 is 0. The first kappa shape index (κ1) is 7.59. The Labute approximate surface area is 63.6 Å². The maximum absolute atomic E-state index is 4.05. The molecule has 0 fully saturated rings. The fourth-order valence-corrected chi connectivity index (χ4v) is 1.44. The van der Waals surface area contributed by atoms with Crippen LogP contribution in [-0.2, 0) is 0 Å². The molecule has 0 heterocycles. The molecule has 0 aliphatic heterocycles. The minimum absolute atomic E-state index is 1.23. The highest BCUT2D eigenvalue weighted by Crippen LogP contribution is 2.25. The van der Waals surface area contributed by atoms with Gasteiger partial charge in [-0.05, 0) is 31.3 Å². The number of hydrogen-bond acceptors (Lipinski definition) is 0. The molecule has 0 radical (unpaired) electrons. The summed E-state index contributed by atoms with van der Waals surface area (Å²) in [5.41, 5.74) is 2.90. The van der Waals surface area contributed by atoms with E-state index in [2.05, 4.69) is 19.6 Å². The molecule has 0 saturated carbocycles. The lowest BCUT2D eigenvalue weighted by Gasteiger charge is -2.14. The van der Waals surface area contributed by atoms with Crippen molar-refractivity contribution in [2.45, 2.75) is 39.0 Å². The molecule has 0 heteroatoms. The topological polar surface area (TPSA) is 0 Å². The Kier molecular flexibility index (Phi) is 2.73. The molecule has 10 heavy (non-hydrogen) atoms. The summed E-state index contributed by atoms with van der Waals surface area (Å²) >= 11 is 0. The maximum atomic E-state index is 4.05. The van der Waals surface area contributed by atoms with Gasteiger partial charge in [-0.1, -0.05) is 31.6 Å². The van der Waals surface area contributed by atoms with Gasteiger partial charge in [-0.2, -0.15) is 0 Å². The normalized spacial score (nSPS) is 18.9. The van der Waals surface area contributed by atoms with Crippen LogP contribution in [0, 0.1) is 0 Å². The van der Waals surface area contributed by atoms with E-state index >= 15 is 0 Å². The summed E-state index contributed by atoms with van der Waals surface area (Å²) in [7, 11) is 0. The third-order valence-electron chi connectivity index (χ3n) is 2.05. The van der Waals surface area contributed by atoms with Gasteiger partial charge >= 0.3 is 0 Å². The SMILES string of the molecule is C=C1CCCC=C1CCC. The molecular formula is C10H16. The average Bonchev–Trinajstić information content (AvgIpc) is 1.94. The third kappa shape index (κ3) is 1.73. The quantitative estimate of drug-likeness (QED) is 0.545. The van der Waals surface area contributed by atoms with E-state index < -0.39 is 0 Å². The standard InChI is InChI=1S/C10H16/c1-3-6-10-8-5-4-7-9(10)2/h8H,2-7H2,1H3. The maximum Gasteiger partial charge on any atom is -0.0279 e. The van der Waals surface area contributed by atoms with Gasteiger partial charge in [0, 0.05) is 0 Å². The summed E-state index contributed by atoms with van der Waals surface area (Å²) in [6.07, 6.45) is 8.66. The van der Waals surface area contributed by atoms with Crippen molar-refractivity contribution in [2.75, 3.05) is 0 Å². The molecular weight excluding hydrogens is 120 g/mol. The van der Waals surface area contributed by atoms with Gasteiger partial charge in [0.15, 0.2) is 0 Å². The van der Waals surface area contributed by atoms with Crippen LogP contribution in [0.1, 0.15) is 39.0 Å². The number of hydrogen-bond donors (Lipinski definition) is 0. The molecule has 1 rings (SSSR count). The Morgan fingerprint density at radius 2 is 2.40 bits per heavy atom. The average molecular weight is 136 g/mol. The van der Waals surface area contributed by atoms with Crippen LogP contribution in [0.4, 0.5) is 0 Å². The Morgan fingerprint density at radius 3 is 3.00 bits per heavy atom. The van der Waals surface area contributed by atoms with Gasteiger partial charge in [-0.25, -0.2) is 0 Å². The summed E-state index contributed by atoms with van der Waals surface area (Å²) in [5.74, 6) is 0. The van der Waals surface area contributed by atoms with Crippen LogP contribution in [-0.4, -0.2) is 0 Å². The molecule has 0 N–H and O–H groups in total. The monoisotopic (exact) mass is 136 g/mol. The third-order valence-corrected chi connectivity index (χ3v) is 2.05. The largest absolute Gasteiger partial charge is 0.0956 e. The summed E-state index contributed by atoms with van der Waals surface area (Å²) in [6.45, 7) is 6.27. The van der Waals surface area contributed by atoms with Gasteiger partial charge in [-0.15, -0.1) is 0 Å². The van der Waals surface area contributed by atoms with Crippen molar-refractivity contribution < 1.29 is 0 Å². The van der Waals surface area contributed by atoms with Crippen LogP contribution in [0.2, 0.25) is 0 Å². The molecule has 0 spiro atoms. The van der Waals surface area contributed by atoms with Crippen molar-refractivity contribution in [1.29, 1.82) is 0 Å². The van der Waals surface area contributed by atoms with Crippen molar-refractivity contribution >= 4 is 0 Å². The second kappa shape index (κ2) is 3.60. The van der Waals surface area contributed by atoms with E-state index in [4.69, 9.17) is 0 Å². The van der Waals surface area contributed by atoms with Crippen LogP contribution < -0.4 is 0 Å². The van der Waals surface area contributed by atoms with Crippen LogP contribution in [0.5, 0.6) is 0 Å². The molecule has 0 aromatic carbocycles.